The summed E-state index contributed by atoms with van der Waals surface area (Å²) < 4.78 is 25.0. The first-order chi connectivity index (χ1) is 8.23. The minimum atomic E-state index is -3.71. The molecular formula is C8H13ClN4O3S2. The number of hydrogen-bond donors (Lipinski definition) is 1. The van der Waals surface area contributed by atoms with E-state index in [0.717, 1.165) is 15.6 Å². The number of anilines is 1. The Hall–Kier alpha value is -0.770. The van der Waals surface area contributed by atoms with Gasteiger partial charge in [-0.2, -0.15) is 4.31 Å². The van der Waals surface area contributed by atoms with Crippen molar-refractivity contribution in [2.24, 2.45) is 0 Å². The highest BCUT2D eigenvalue weighted by Gasteiger charge is 2.26. The van der Waals surface area contributed by atoms with Gasteiger partial charge in [-0.1, -0.05) is 11.3 Å². The zero-order valence-corrected chi connectivity index (χ0v) is 12.4. The number of sulfonamides is 1. The molecule has 0 saturated heterocycles. The van der Waals surface area contributed by atoms with E-state index in [9.17, 15) is 13.2 Å². The lowest BCUT2D eigenvalue weighted by Crippen LogP contribution is -2.31. The Labute approximate surface area is 114 Å². The van der Waals surface area contributed by atoms with Crippen LogP contribution in [-0.4, -0.2) is 47.8 Å². The van der Waals surface area contributed by atoms with Crippen LogP contribution in [0, 0.1) is 0 Å². The van der Waals surface area contributed by atoms with Crippen molar-refractivity contribution in [3.63, 3.8) is 0 Å². The van der Waals surface area contributed by atoms with Gasteiger partial charge in [0.2, 0.25) is 15.4 Å². The van der Waals surface area contributed by atoms with Gasteiger partial charge >= 0.3 is 0 Å². The molecule has 0 aromatic carbocycles. The van der Waals surface area contributed by atoms with E-state index in [1.165, 1.54) is 14.0 Å². The Balaban J connectivity index is 2.91. The molecule has 0 aliphatic heterocycles. The van der Waals surface area contributed by atoms with E-state index in [-0.39, 0.29) is 27.3 Å². The molecule has 0 radical (unpaired) electrons. The number of alkyl halides is 1. The van der Waals surface area contributed by atoms with Crippen LogP contribution >= 0.6 is 22.9 Å². The molecule has 1 aromatic rings. The first-order valence-electron chi connectivity index (χ1n) is 4.95. The van der Waals surface area contributed by atoms with E-state index in [4.69, 9.17) is 11.6 Å². The lowest BCUT2D eigenvalue weighted by molar-refractivity contribution is -0.114. The summed E-state index contributed by atoms with van der Waals surface area (Å²) in [4.78, 5) is 10.8. The maximum atomic E-state index is 12.0. The third kappa shape index (κ3) is 3.87. The molecule has 0 aliphatic rings. The van der Waals surface area contributed by atoms with Crippen molar-refractivity contribution in [2.75, 3.05) is 18.9 Å². The Morgan fingerprint density at radius 1 is 1.56 bits per heavy atom. The summed E-state index contributed by atoms with van der Waals surface area (Å²) in [5, 5.41) is 9.34. The first kappa shape index (κ1) is 15.3. The van der Waals surface area contributed by atoms with E-state index < -0.39 is 10.0 Å². The van der Waals surface area contributed by atoms with Crippen molar-refractivity contribution in [1.82, 2.24) is 14.5 Å². The van der Waals surface area contributed by atoms with Gasteiger partial charge in [0.15, 0.2) is 0 Å². The van der Waals surface area contributed by atoms with Crippen molar-refractivity contribution in [3.05, 3.63) is 0 Å². The topological polar surface area (TPSA) is 92.3 Å². The van der Waals surface area contributed by atoms with Crippen molar-refractivity contribution in [2.45, 2.75) is 23.6 Å². The molecule has 1 atom stereocenters. The van der Waals surface area contributed by atoms with Gasteiger partial charge in [-0.25, -0.2) is 8.42 Å². The zero-order chi connectivity index (χ0) is 13.9. The molecular weight excluding hydrogens is 300 g/mol. The quantitative estimate of drug-likeness (QED) is 0.639. The minimum absolute atomic E-state index is 0.147. The molecule has 1 rings (SSSR count). The third-order valence-corrected chi connectivity index (χ3v) is 4.97. The lowest BCUT2D eigenvalue weighted by Gasteiger charge is -2.15. The standard InChI is InChI=1S/C8H13ClN4O3S2/c1-5(9)4-13(3)18(15,16)8-12-11-7(17-8)10-6(2)14/h5H,4H2,1-3H3,(H,10,11,14). The second-order valence-corrected chi connectivity index (χ2v) is 7.56. The van der Waals surface area contributed by atoms with Crippen LogP contribution in [0.25, 0.3) is 0 Å². The molecule has 1 aromatic heterocycles. The molecule has 1 N–H and O–H groups in total. The maximum absolute atomic E-state index is 12.0. The number of halogens is 1. The number of aromatic nitrogens is 2. The van der Waals surface area contributed by atoms with E-state index in [2.05, 4.69) is 15.5 Å². The summed E-state index contributed by atoms with van der Waals surface area (Å²) in [6, 6.07) is 0. The average molecular weight is 313 g/mol. The van der Waals surface area contributed by atoms with Crippen LogP contribution in [0.4, 0.5) is 5.13 Å². The zero-order valence-electron chi connectivity index (χ0n) is 10.0. The van der Waals surface area contributed by atoms with Crippen LogP contribution in [-0.2, 0) is 14.8 Å². The summed E-state index contributed by atoms with van der Waals surface area (Å²) in [6.45, 7) is 3.16. The number of nitrogens with one attached hydrogen (secondary N) is 1. The van der Waals surface area contributed by atoms with Crippen molar-refractivity contribution in [1.29, 1.82) is 0 Å². The smallest absolute Gasteiger partial charge is 0.272 e. The molecule has 0 saturated carbocycles. The predicted molar refractivity (Wildman–Crippen MR) is 69.3 cm³/mol. The summed E-state index contributed by atoms with van der Waals surface area (Å²) in [5.41, 5.74) is 0. The van der Waals surface area contributed by atoms with Gasteiger partial charge in [-0.05, 0) is 6.92 Å². The highest BCUT2D eigenvalue weighted by atomic mass is 35.5. The van der Waals surface area contributed by atoms with Crippen molar-refractivity contribution < 1.29 is 13.2 Å². The fourth-order valence-corrected chi connectivity index (χ4v) is 3.78. The molecule has 0 spiro atoms. The second kappa shape index (κ2) is 5.91. The second-order valence-electron chi connectivity index (χ2n) is 3.62. The Kier molecular flexibility index (Phi) is 5.02. The molecule has 7 nitrogen and oxygen atoms in total. The fourth-order valence-electron chi connectivity index (χ4n) is 1.10. The third-order valence-electron chi connectivity index (χ3n) is 1.83. The van der Waals surface area contributed by atoms with Gasteiger partial charge in [0.05, 0.1) is 0 Å². The number of carbonyl (C=O) groups excluding carboxylic acids is 1. The van der Waals surface area contributed by atoms with Crippen LogP contribution in [0.2, 0.25) is 0 Å². The molecule has 102 valence electrons. The number of rotatable bonds is 5. The minimum Gasteiger partial charge on any atom is -0.301 e. The van der Waals surface area contributed by atoms with Crippen LogP contribution in [0.1, 0.15) is 13.8 Å². The number of carbonyl (C=O) groups is 1. The Morgan fingerprint density at radius 2 is 2.17 bits per heavy atom. The van der Waals surface area contributed by atoms with Crippen molar-refractivity contribution >= 4 is 44.0 Å². The number of amides is 1. The van der Waals surface area contributed by atoms with E-state index in [1.54, 1.807) is 6.92 Å². The van der Waals surface area contributed by atoms with Crippen LogP contribution < -0.4 is 5.32 Å². The van der Waals surface area contributed by atoms with E-state index in [1.807, 2.05) is 0 Å². The maximum Gasteiger partial charge on any atom is 0.272 e. The molecule has 1 heterocycles. The SMILES string of the molecule is CC(=O)Nc1nnc(S(=O)(=O)N(C)CC(C)Cl)s1. The van der Waals surface area contributed by atoms with Crippen LogP contribution in [0.5, 0.6) is 0 Å². The summed E-state index contributed by atoms with van der Waals surface area (Å²) in [5.74, 6) is -0.335. The number of hydrogen-bond acceptors (Lipinski definition) is 6. The van der Waals surface area contributed by atoms with Gasteiger partial charge in [0.25, 0.3) is 10.0 Å². The molecule has 1 amide bonds. The van der Waals surface area contributed by atoms with Gasteiger partial charge < -0.3 is 5.32 Å². The van der Waals surface area contributed by atoms with Gasteiger partial charge in [-0.15, -0.1) is 21.8 Å². The summed E-state index contributed by atoms with van der Waals surface area (Å²) in [7, 11) is -2.30. The fraction of sp³-hybridized carbons (Fsp3) is 0.625. The van der Waals surface area contributed by atoms with Gasteiger partial charge in [0, 0.05) is 25.9 Å². The molecule has 1 unspecified atom stereocenters. The molecule has 10 heteroatoms. The molecule has 18 heavy (non-hydrogen) atoms. The highest BCUT2D eigenvalue weighted by molar-refractivity contribution is 7.91. The normalized spacial score (nSPS) is 13.6. The van der Waals surface area contributed by atoms with Crippen LogP contribution in [0.3, 0.4) is 0 Å². The Morgan fingerprint density at radius 3 is 2.67 bits per heavy atom. The summed E-state index contributed by atoms with van der Waals surface area (Å²) in [6.07, 6.45) is 0. The van der Waals surface area contributed by atoms with Gasteiger partial charge in [-0.3, -0.25) is 4.79 Å². The van der Waals surface area contributed by atoms with E-state index >= 15 is 0 Å². The van der Waals surface area contributed by atoms with Crippen LogP contribution in [0.15, 0.2) is 4.34 Å². The Bertz CT molecular complexity index is 528. The number of nitrogens with zero attached hydrogens (tertiary/aromatic N) is 3. The summed E-state index contributed by atoms with van der Waals surface area (Å²) >= 11 is 6.54. The highest BCUT2D eigenvalue weighted by Crippen LogP contribution is 2.22. The van der Waals surface area contributed by atoms with Crippen molar-refractivity contribution in [3.8, 4) is 0 Å². The molecule has 0 fully saturated rings. The molecule has 0 bridgehead atoms. The lowest BCUT2D eigenvalue weighted by atomic mass is 10.5. The van der Waals surface area contributed by atoms with E-state index in [0.29, 0.717) is 0 Å². The van der Waals surface area contributed by atoms with Gasteiger partial charge in [0.1, 0.15) is 0 Å². The predicted octanol–water partition coefficient (Wildman–Crippen LogP) is 0.744. The monoisotopic (exact) mass is 312 g/mol. The average Bonchev–Trinajstić information content (AvgIpc) is 2.64. The molecule has 0 aliphatic carbocycles. The first-order valence-corrected chi connectivity index (χ1v) is 7.64. The largest absolute Gasteiger partial charge is 0.301 e.